The lowest BCUT2D eigenvalue weighted by atomic mass is 10.2. The molecule has 0 spiro atoms. The first kappa shape index (κ1) is 14.0. The third-order valence-corrected chi connectivity index (χ3v) is 2.43. The molecule has 0 aliphatic heterocycles. The van der Waals surface area contributed by atoms with E-state index in [1.54, 1.807) is 0 Å². The predicted molar refractivity (Wildman–Crippen MR) is 56.0 cm³/mol. The third-order valence-electron chi connectivity index (χ3n) is 1.83. The standard InChI is InChI=1S/C9H9BrF3NO3/c1-16-7-2-5(3-10)8(14-6(7)4-15)17-9(11,12)13/h2,15H,3-4H2,1H3. The molecule has 0 bridgehead atoms. The molecule has 1 heterocycles. The molecule has 0 unspecified atom stereocenters. The van der Waals surface area contributed by atoms with Crippen molar-refractivity contribution in [3.05, 3.63) is 17.3 Å². The van der Waals surface area contributed by atoms with Gasteiger partial charge in [-0.1, -0.05) is 15.9 Å². The van der Waals surface area contributed by atoms with Gasteiger partial charge in [0.1, 0.15) is 11.4 Å². The van der Waals surface area contributed by atoms with E-state index in [9.17, 15) is 13.2 Å². The minimum Gasteiger partial charge on any atom is -0.495 e. The molecule has 0 saturated carbocycles. The van der Waals surface area contributed by atoms with Crippen molar-refractivity contribution < 1.29 is 27.8 Å². The number of aliphatic hydroxyl groups is 1. The lowest BCUT2D eigenvalue weighted by Crippen LogP contribution is -2.19. The topological polar surface area (TPSA) is 51.6 Å². The maximum absolute atomic E-state index is 12.1. The first-order valence-electron chi connectivity index (χ1n) is 4.40. The zero-order valence-corrected chi connectivity index (χ0v) is 10.3. The monoisotopic (exact) mass is 315 g/mol. The van der Waals surface area contributed by atoms with Crippen molar-refractivity contribution in [3.63, 3.8) is 0 Å². The maximum atomic E-state index is 12.1. The van der Waals surface area contributed by atoms with Crippen LogP contribution in [-0.4, -0.2) is 23.6 Å². The van der Waals surface area contributed by atoms with Gasteiger partial charge in [0.25, 0.3) is 0 Å². The highest BCUT2D eigenvalue weighted by atomic mass is 79.9. The van der Waals surface area contributed by atoms with Crippen LogP contribution in [0.15, 0.2) is 6.07 Å². The summed E-state index contributed by atoms with van der Waals surface area (Å²) in [6.07, 6.45) is -4.83. The quantitative estimate of drug-likeness (QED) is 0.867. The van der Waals surface area contributed by atoms with Gasteiger partial charge in [-0.25, -0.2) is 4.98 Å². The highest BCUT2D eigenvalue weighted by Crippen LogP contribution is 2.30. The van der Waals surface area contributed by atoms with Crippen LogP contribution in [0.3, 0.4) is 0 Å². The highest BCUT2D eigenvalue weighted by Gasteiger charge is 2.33. The van der Waals surface area contributed by atoms with Crippen LogP contribution in [-0.2, 0) is 11.9 Å². The molecule has 8 heteroatoms. The van der Waals surface area contributed by atoms with Gasteiger partial charge in [-0.15, -0.1) is 13.2 Å². The fourth-order valence-corrected chi connectivity index (χ4v) is 1.54. The second-order valence-corrected chi connectivity index (χ2v) is 3.50. The Kier molecular flexibility index (Phi) is 4.58. The van der Waals surface area contributed by atoms with Gasteiger partial charge >= 0.3 is 6.36 Å². The Hall–Kier alpha value is -1.02. The SMILES string of the molecule is COc1cc(CBr)c(OC(F)(F)F)nc1CO. The lowest BCUT2D eigenvalue weighted by molar-refractivity contribution is -0.276. The third kappa shape index (κ3) is 3.74. The molecule has 1 N–H and O–H groups in total. The molecular weight excluding hydrogens is 307 g/mol. The van der Waals surface area contributed by atoms with Gasteiger partial charge in [-0.3, -0.25) is 0 Å². The van der Waals surface area contributed by atoms with Crippen LogP contribution in [0.4, 0.5) is 13.2 Å². The molecule has 0 amide bonds. The Labute approximate surface area is 103 Å². The van der Waals surface area contributed by atoms with E-state index >= 15 is 0 Å². The minimum atomic E-state index is -4.83. The van der Waals surface area contributed by atoms with E-state index in [-0.39, 0.29) is 22.3 Å². The second kappa shape index (κ2) is 5.54. The van der Waals surface area contributed by atoms with Gasteiger partial charge in [-0.05, 0) is 6.07 Å². The van der Waals surface area contributed by atoms with E-state index in [2.05, 4.69) is 25.7 Å². The second-order valence-electron chi connectivity index (χ2n) is 2.94. The fourth-order valence-electron chi connectivity index (χ4n) is 1.14. The largest absolute Gasteiger partial charge is 0.574 e. The molecule has 1 aromatic rings. The zero-order chi connectivity index (χ0) is 13.1. The number of halogens is 4. The van der Waals surface area contributed by atoms with Gasteiger partial charge < -0.3 is 14.6 Å². The first-order valence-corrected chi connectivity index (χ1v) is 5.52. The van der Waals surface area contributed by atoms with Gasteiger partial charge in [0.15, 0.2) is 0 Å². The maximum Gasteiger partial charge on any atom is 0.574 e. The van der Waals surface area contributed by atoms with Gasteiger partial charge in [0.05, 0.1) is 13.7 Å². The summed E-state index contributed by atoms with van der Waals surface area (Å²) in [6, 6.07) is 1.33. The average Bonchev–Trinajstić information content (AvgIpc) is 2.26. The Bertz CT molecular complexity index is 398. The van der Waals surface area contributed by atoms with Crippen molar-refractivity contribution in [1.29, 1.82) is 0 Å². The number of alkyl halides is 4. The molecule has 0 saturated heterocycles. The van der Waals surface area contributed by atoms with E-state index in [0.717, 1.165) is 0 Å². The Morgan fingerprint density at radius 1 is 1.47 bits per heavy atom. The van der Waals surface area contributed by atoms with Crippen molar-refractivity contribution in [3.8, 4) is 11.6 Å². The van der Waals surface area contributed by atoms with E-state index in [4.69, 9.17) is 9.84 Å². The summed E-state index contributed by atoms with van der Waals surface area (Å²) in [7, 11) is 1.33. The summed E-state index contributed by atoms with van der Waals surface area (Å²) >= 11 is 3.02. The van der Waals surface area contributed by atoms with Crippen LogP contribution < -0.4 is 9.47 Å². The summed E-state index contributed by atoms with van der Waals surface area (Å²) in [6.45, 7) is -0.542. The van der Waals surface area contributed by atoms with Gasteiger partial charge in [-0.2, -0.15) is 0 Å². The van der Waals surface area contributed by atoms with Gasteiger partial charge in [0, 0.05) is 10.9 Å². The molecule has 17 heavy (non-hydrogen) atoms. The smallest absolute Gasteiger partial charge is 0.495 e. The van der Waals surface area contributed by atoms with Crippen LogP contribution >= 0.6 is 15.9 Å². The number of aromatic nitrogens is 1. The predicted octanol–water partition coefficient (Wildman–Crippen LogP) is 2.38. The lowest BCUT2D eigenvalue weighted by Gasteiger charge is -2.14. The number of hydrogen-bond acceptors (Lipinski definition) is 4. The summed E-state index contributed by atoms with van der Waals surface area (Å²) in [5.74, 6) is -0.393. The molecule has 1 aromatic heterocycles. The Morgan fingerprint density at radius 2 is 2.12 bits per heavy atom. The van der Waals surface area contributed by atoms with Crippen LogP contribution in [0.5, 0.6) is 11.6 Å². The number of pyridine rings is 1. The molecule has 4 nitrogen and oxygen atoms in total. The molecular formula is C9H9BrF3NO3. The average molecular weight is 316 g/mol. The zero-order valence-electron chi connectivity index (χ0n) is 8.71. The molecule has 0 aliphatic rings. The number of rotatable bonds is 4. The summed E-state index contributed by atoms with van der Waals surface area (Å²) in [5, 5.41) is 9.06. The highest BCUT2D eigenvalue weighted by molar-refractivity contribution is 9.08. The minimum absolute atomic E-state index is 0.0172. The van der Waals surface area contributed by atoms with Crippen molar-refractivity contribution in [2.24, 2.45) is 0 Å². The van der Waals surface area contributed by atoms with Crippen molar-refractivity contribution in [2.45, 2.75) is 18.3 Å². The molecule has 96 valence electrons. The number of nitrogens with zero attached hydrogens (tertiary/aromatic N) is 1. The summed E-state index contributed by atoms with van der Waals surface area (Å²) < 4.78 is 45.0. The van der Waals surface area contributed by atoms with E-state index < -0.39 is 18.8 Å². The van der Waals surface area contributed by atoms with Crippen molar-refractivity contribution in [2.75, 3.05) is 7.11 Å². The number of hydrogen-bond donors (Lipinski definition) is 1. The van der Waals surface area contributed by atoms with Crippen LogP contribution in [0.2, 0.25) is 0 Å². The molecule has 0 atom stereocenters. The van der Waals surface area contributed by atoms with Crippen LogP contribution in [0.25, 0.3) is 0 Å². The molecule has 0 aromatic carbocycles. The van der Waals surface area contributed by atoms with Crippen LogP contribution in [0.1, 0.15) is 11.3 Å². The Balaban J connectivity index is 3.19. The van der Waals surface area contributed by atoms with Crippen molar-refractivity contribution >= 4 is 15.9 Å². The molecule has 1 rings (SSSR count). The molecule has 0 fully saturated rings. The first-order chi connectivity index (χ1) is 7.91. The number of methoxy groups -OCH3 is 1. The van der Waals surface area contributed by atoms with Crippen LogP contribution in [0, 0.1) is 0 Å². The van der Waals surface area contributed by atoms with E-state index in [0.29, 0.717) is 0 Å². The molecule has 0 aliphatic carbocycles. The van der Waals surface area contributed by atoms with E-state index in [1.807, 2.05) is 0 Å². The van der Waals surface area contributed by atoms with Crippen molar-refractivity contribution in [1.82, 2.24) is 4.98 Å². The fraction of sp³-hybridized carbons (Fsp3) is 0.444. The van der Waals surface area contributed by atoms with Gasteiger partial charge in [0.2, 0.25) is 5.88 Å². The molecule has 0 radical (unpaired) electrons. The summed E-state index contributed by atoms with van der Waals surface area (Å²) in [5.41, 5.74) is 0.160. The van der Waals surface area contributed by atoms with E-state index in [1.165, 1.54) is 13.2 Å². The number of aliphatic hydroxyl groups excluding tert-OH is 1. The Morgan fingerprint density at radius 3 is 2.53 bits per heavy atom. The number of ether oxygens (including phenoxy) is 2. The normalized spacial score (nSPS) is 11.4. The summed E-state index contributed by atoms with van der Waals surface area (Å²) in [4.78, 5) is 3.57.